The highest BCUT2D eigenvalue weighted by molar-refractivity contribution is 7.99. The fraction of sp³-hybridized carbons (Fsp3) is 0.0909. The van der Waals surface area contributed by atoms with Crippen molar-refractivity contribution in [1.82, 2.24) is 4.98 Å². The van der Waals surface area contributed by atoms with Gasteiger partial charge in [-0.2, -0.15) is 0 Å². The standard InChI is InChI=1S/C11H8ClNO3S/c1-6-9(2-3-16-6)17-10-8(12)4-7(5-13-10)11(14)15/h2-5H,1H3,(H,14,15). The number of carboxylic acids is 1. The van der Waals surface area contributed by atoms with Crippen LogP contribution >= 0.6 is 23.4 Å². The Kier molecular flexibility index (Phi) is 3.40. The lowest BCUT2D eigenvalue weighted by Gasteiger charge is -2.02. The largest absolute Gasteiger partial charge is 0.478 e. The molecule has 0 unspecified atom stereocenters. The molecule has 4 nitrogen and oxygen atoms in total. The number of furan rings is 1. The molecule has 6 heteroatoms. The zero-order valence-electron chi connectivity index (χ0n) is 8.81. The van der Waals surface area contributed by atoms with Crippen molar-refractivity contribution in [1.29, 1.82) is 0 Å². The van der Waals surface area contributed by atoms with Crippen LogP contribution in [0.3, 0.4) is 0 Å². The number of rotatable bonds is 3. The normalized spacial score (nSPS) is 10.5. The Morgan fingerprint density at radius 1 is 1.59 bits per heavy atom. The third-order valence-electron chi connectivity index (χ3n) is 2.07. The van der Waals surface area contributed by atoms with E-state index in [1.54, 1.807) is 6.26 Å². The number of hydrogen-bond donors (Lipinski definition) is 1. The van der Waals surface area contributed by atoms with Gasteiger partial charge in [0, 0.05) is 6.20 Å². The second-order valence-electron chi connectivity index (χ2n) is 3.26. The summed E-state index contributed by atoms with van der Waals surface area (Å²) in [4.78, 5) is 15.6. The van der Waals surface area contributed by atoms with E-state index in [4.69, 9.17) is 21.1 Å². The van der Waals surface area contributed by atoms with E-state index in [1.807, 2.05) is 13.0 Å². The summed E-state index contributed by atoms with van der Waals surface area (Å²) in [7, 11) is 0. The first-order valence-electron chi connectivity index (χ1n) is 4.68. The molecule has 0 saturated heterocycles. The lowest BCUT2D eigenvalue weighted by atomic mass is 10.3. The molecule has 0 amide bonds. The van der Waals surface area contributed by atoms with E-state index in [2.05, 4.69) is 4.98 Å². The first kappa shape index (κ1) is 12.0. The van der Waals surface area contributed by atoms with Crippen molar-refractivity contribution in [2.24, 2.45) is 0 Å². The van der Waals surface area contributed by atoms with Crippen LogP contribution in [-0.2, 0) is 0 Å². The summed E-state index contributed by atoms with van der Waals surface area (Å²) in [6, 6.07) is 3.19. The smallest absolute Gasteiger partial charge is 0.337 e. The van der Waals surface area contributed by atoms with Gasteiger partial charge in [0.05, 0.1) is 21.7 Å². The van der Waals surface area contributed by atoms with Gasteiger partial charge in [0.2, 0.25) is 0 Å². The molecule has 1 N–H and O–H groups in total. The van der Waals surface area contributed by atoms with Crippen molar-refractivity contribution in [3.63, 3.8) is 0 Å². The molecule has 2 heterocycles. The van der Waals surface area contributed by atoms with Crippen molar-refractivity contribution >= 4 is 29.3 Å². The number of pyridine rings is 1. The second-order valence-corrected chi connectivity index (χ2v) is 4.70. The summed E-state index contributed by atoms with van der Waals surface area (Å²) >= 11 is 7.30. The first-order chi connectivity index (χ1) is 8.08. The minimum atomic E-state index is -1.05. The van der Waals surface area contributed by atoms with Gasteiger partial charge in [-0.15, -0.1) is 0 Å². The van der Waals surface area contributed by atoms with Gasteiger partial charge in [0.15, 0.2) is 0 Å². The Labute approximate surface area is 107 Å². The quantitative estimate of drug-likeness (QED) is 0.924. The molecule has 0 aliphatic rings. The van der Waals surface area contributed by atoms with E-state index >= 15 is 0 Å². The number of halogens is 1. The molecule has 17 heavy (non-hydrogen) atoms. The number of carbonyl (C=O) groups is 1. The topological polar surface area (TPSA) is 63.3 Å². The fourth-order valence-corrected chi connectivity index (χ4v) is 2.27. The summed E-state index contributed by atoms with van der Waals surface area (Å²) in [6.07, 6.45) is 2.86. The monoisotopic (exact) mass is 269 g/mol. The SMILES string of the molecule is Cc1occc1Sc1ncc(C(=O)O)cc1Cl. The molecule has 0 atom stereocenters. The molecule has 0 saturated carbocycles. The zero-order valence-corrected chi connectivity index (χ0v) is 10.4. The number of aromatic carboxylic acids is 1. The van der Waals surface area contributed by atoms with Crippen LogP contribution in [0, 0.1) is 6.92 Å². The third-order valence-corrected chi connectivity index (χ3v) is 3.63. The summed E-state index contributed by atoms with van der Waals surface area (Å²) in [5, 5.41) is 9.65. The number of nitrogens with zero attached hydrogens (tertiary/aromatic N) is 1. The highest BCUT2D eigenvalue weighted by atomic mass is 35.5. The Morgan fingerprint density at radius 2 is 2.35 bits per heavy atom. The Balaban J connectivity index is 2.29. The van der Waals surface area contributed by atoms with Crippen molar-refractivity contribution in [3.8, 4) is 0 Å². The van der Waals surface area contributed by atoms with Gasteiger partial charge in [0.25, 0.3) is 0 Å². The van der Waals surface area contributed by atoms with Gasteiger partial charge in [0.1, 0.15) is 10.8 Å². The maximum absolute atomic E-state index is 10.7. The van der Waals surface area contributed by atoms with Crippen molar-refractivity contribution < 1.29 is 14.3 Å². The molecule has 0 bridgehead atoms. The molecule has 0 aliphatic carbocycles. The summed E-state index contributed by atoms with van der Waals surface area (Å²) in [6.45, 7) is 1.84. The van der Waals surface area contributed by atoms with Crippen LogP contribution in [0.4, 0.5) is 0 Å². The Bertz CT molecular complexity index is 568. The van der Waals surface area contributed by atoms with E-state index in [0.717, 1.165) is 10.7 Å². The zero-order chi connectivity index (χ0) is 12.4. The van der Waals surface area contributed by atoms with Crippen molar-refractivity contribution in [2.75, 3.05) is 0 Å². The van der Waals surface area contributed by atoms with Crippen LogP contribution < -0.4 is 0 Å². The molecule has 0 spiro atoms. The van der Waals surface area contributed by atoms with Crippen LogP contribution in [0.5, 0.6) is 0 Å². The molecule has 2 aromatic heterocycles. The molecule has 2 rings (SSSR count). The average Bonchev–Trinajstić information content (AvgIpc) is 2.67. The van der Waals surface area contributed by atoms with E-state index in [0.29, 0.717) is 10.0 Å². The lowest BCUT2D eigenvalue weighted by molar-refractivity contribution is 0.0696. The Hall–Kier alpha value is -1.46. The van der Waals surface area contributed by atoms with Crippen LogP contribution in [0.2, 0.25) is 5.02 Å². The van der Waals surface area contributed by atoms with Gasteiger partial charge < -0.3 is 9.52 Å². The van der Waals surface area contributed by atoms with Gasteiger partial charge in [-0.3, -0.25) is 0 Å². The van der Waals surface area contributed by atoms with Crippen LogP contribution in [-0.4, -0.2) is 16.1 Å². The lowest BCUT2D eigenvalue weighted by Crippen LogP contribution is -1.97. The molecule has 0 radical (unpaired) electrons. The van der Waals surface area contributed by atoms with Gasteiger partial charge in [-0.1, -0.05) is 23.4 Å². The maximum atomic E-state index is 10.7. The van der Waals surface area contributed by atoms with Crippen molar-refractivity contribution in [2.45, 2.75) is 16.8 Å². The van der Waals surface area contributed by atoms with Gasteiger partial charge >= 0.3 is 5.97 Å². The predicted molar refractivity (Wildman–Crippen MR) is 63.8 cm³/mol. The molecular formula is C11H8ClNO3S. The Morgan fingerprint density at radius 3 is 2.88 bits per heavy atom. The van der Waals surface area contributed by atoms with Crippen LogP contribution in [0.15, 0.2) is 38.9 Å². The van der Waals surface area contributed by atoms with E-state index in [9.17, 15) is 4.79 Å². The first-order valence-corrected chi connectivity index (χ1v) is 5.88. The number of aryl methyl sites for hydroxylation is 1. The van der Waals surface area contributed by atoms with E-state index in [1.165, 1.54) is 24.0 Å². The average molecular weight is 270 g/mol. The minimum absolute atomic E-state index is 0.0725. The van der Waals surface area contributed by atoms with Crippen LogP contribution in [0.1, 0.15) is 16.1 Å². The highest BCUT2D eigenvalue weighted by Gasteiger charge is 2.11. The summed E-state index contributed by atoms with van der Waals surface area (Å²) in [5.41, 5.74) is 0.0725. The molecule has 2 aromatic rings. The maximum Gasteiger partial charge on any atom is 0.337 e. The van der Waals surface area contributed by atoms with Crippen LogP contribution in [0.25, 0.3) is 0 Å². The summed E-state index contributed by atoms with van der Waals surface area (Å²) < 4.78 is 5.15. The molecule has 0 aromatic carbocycles. The number of carboxylic acid groups (broad SMARTS) is 1. The number of hydrogen-bond acceptors (Lipinski definition) is 4. The predicted octanol–water partition coefficient (Wildman–Crippen LogP) is 3.49. The van der Waals surface area contributed by atoms with E-state index < -0.39 is 5.97 Å². The number of aromatic nitrogens is 1. The summed E-state index contributed by atoms with van der Waals surface area (Å²) in [5.74, 6) is -0.273. The van der Waals surface area contributed by atoms with E-state index in [-0.39, 0.29) is 5.56 Å². The van der Waals surface area contributed by atoms with Crippen molar-refractivity contribution in [3.05, 3.63) is 40.9 Å². The molecule has 0 aliphatic heterocycles. The third kappa shape index (κ3) is 2.62. The minimum Gasteiger partial charge on any atom is -0.478 e. The highest BCUT2D eigenvalue weighted by Crippen LogP contribution is 2.34. The van der Waals surface area contributed by atoms with Gasteiger partial charge in [-0.25, -0.2) is 9.78 Å². The molecule has 0 fully saturated rings. The second kappa shape index (κ2) is 4.81. The molecule has 88 valence electrons. The van der Waals surface area contributed by atoms with Gasteiger partial charge in [-0.05, 0) is 19.1 Å². The fourth-order valence-electron chi connectivity index (χ4n) is 1.20. The molecular weight excluding hydrogens is 262 g/mol.